The van der Waals surface area contributed by atoms with E-state index in [2.05, 4.69) is 4.72 Å². The molecule has 0 fully saturated rings. The van der Waals surface area contributed by atoms with Crippen LogP contribution in [0.5, 0.6) is 0 Å². The molecular weight excluding hydrogens is 217 g/mol. The van der Waals surface area contributed by atoms with Crippen molar-refractivity contribution in [1.29, 1.82) is 0 Å². The van der Waals surface area contributed by atoms with Gasteiger partial charge in [-0.3, -0.25) is 0 Å². The number of rotatable bonds is 4. The Labute approximate surface area is 89.4 Å². The summed E-state index contributed by atoms with van der Waals surface area (Å²) < 4.78 is 38.4. The van der Waals surface area contributed by atoms with Crippen LogP contribution >= 0.6 is 0 Å². The average Bonchev–Trinajstić information content (AvgIpc) is 2.17. The van der Waals surface area contributed by atoms with E-state index in [0.29, 0.717) is 6.42 Å². The predicted octanol–water partition coefficient (Wildman–Crippen LogP) is 1.90. The molecule has 5 heteroatoms. The highest BCUT2D eigenvalue weighted by atomic mass is 32.2. The molecule has 0 unspecified atom stereocenters. The van der Waals surface area contributed by atoms with Crippen molar-refractivity contribution in [2.75, 3.05) is 0 Å². The van der Waals surface area contributed by atoms with Gasteiger partial charge in [0.2, 0.25) is 10.0 Å². The Balaban J connectivity index is 2.91. The van der Waals surface area contributed by atoms with E-state index < -0.39 is 15.8 Å². The Morgan fingerprint density at radius 2 is 1.87 bits per heavy atom. The fourth-order valence-electron chi connectivity index (χ4n) is 1.03. The van der Waals surface area contributed by atoms with E-state index in [-0.39, 0.29) is 10.9 Å². The minimum Gasteiger partial charge on any atom is -0.208 e. The second-order valence-electron chi connectivity index (χ2n) is 3.38. The third kappa shape index (κ3) is 3.28. The lowest BCUT2D eigenvalue weighted by Crippen LogP contribution is -2.31. The lowest BCUT2D eigenvalue weighted by molar-refractivity contribution is 0.555. The minimum absolute atomic E-state index is 0.0872. The van der Waals surface area contributed by atoms with Crippen LogP contribution in [-0.4, -0.2) is 14.5 Å². The number of halogens is 1. The number of hydrogen-bond donors (Lipinski definition) is 1. The van der Waals surface area contributed by atoms with Crippen molar-refractivity contribution >= 4 is 10.0 Å². The molecule has 1 atom stereocenters. The van der Waals surface area contributed by atoms with Crippen LogP contribution in [0.1, 0.15) is 20.3 Å². The molecule has 1 aromatic carbocycles. The van der Waals surface area contributed by atoms with Crippen LogP contribution in [0.25, 0.3) is 0 Å². The molecule has 0 saturated heterocycles. The van der Waals surface area contributed by atoms with Gasteiger partial charge in [0.1, 0.15) is 5.82 Å². The molecule has 0 radical (unpaired) electrons. The van der Waals surface area contributed by atoms with Gasteiger partial charge in [-0.25, -0.2) is 17.5 Å². The van der Waals surface area contributed by atoms with Crippen molar-refractivity contribution in [3.63, 3.8) is 0 Å². The fourth-order valence-corrected chi connectivity index (χ4v) is 2.36. The second-order valence-corrected chi connectivity index (χ2v) is 5.10. The number of nitrogens with one attached hydrogen (secondary N) is 1. The van der Waals surface area contributed by atoms with Crippen LogP contribution in [0, 0.1) is 5.82 Å². The average molecular weight is 231 g/mol. The Morgan fingerprint density at radius 1 is 1.33 bits per heavy atom. The molecule has 1 rings (SSSR count). The van der Waals surface area contributed by atoms with Crippen LogP contribution in [0.2, 0.25) is 0 Å². The highest BCUT2D eigenvalue weighted by Crippen LogP contribution is 2.10. The normalized spacial score (nSPS) is 13.8. The molecule has 0 aliphatic rings. The number of sulfonamides is 1. The minimum atomic E-state index is -3.51. The predicted molar refractivity (Wildman–Crippen MR) is 56.5 cm³/mol. The molecular formula is C10H14FNO2S. The van der Waals surface area contributed by atoms with Gasteiger partial charge < -0.3 is 0 Å². The third-order valence-electron chi connectivity index (χ3n) is 2.09. The van der Waals surface area contributed by atoms with E-state index in [9.17, 15) is 12.8 Å². The molecule has 1 N–H and O–H groups in total. The van der Waals surface area contributed by atoms with E-state index >= 15 is 0 Å². The summed E-state index contributed by atoms with van der Waals surface area (Å²) in [5, 5.41) is 0. The first-order valence-corrected chi connectivity index (χ1v) is 6.22. The van der Waals surface area contributed by atoms with Gasteiger partial charge in [0.05, 0.1) is 4.90 Å². The van der Waals surface area contributed by atoms with E-state index in [1.54, 1.807) is 6.92 Å². The van der Waals surface area contributed by atoms with Crippen LogP contribution in [0.4, 0.5) is 4.39 Å². The molecule has 1 aromatic rings. The lowest BCUT2D eigenvalue weighted by Gasteiger charge is -2.11. The standard InChI is InChI=1S/C10H14FNO2S/c1-3-8(2)12-15(13,14)10-6-4-9(11)5-7-10/h4-8,12H,3H2,1-2H3/t8-/m1/s1. The quantitative estimate of drug-likeness (QED) is 0.860. The zero-order valence-electron chi connectivity index (χ0n) is 8.70. The van der Waals surface area contributed by atoms with Crippen molar-refractivity contribution in [2.24, 2.45) is 0 Å². The summed E-state index contributed by atoms with van der Waals surface area (Å²) in [6.45, 7) is 3.67. The highest BCUT2D eigenvalue weighted by Gasteiger charge is 2.15. The Hall–Kier alpha value is -0.940. The molecule has 15 heavy (non-hydrogen) atoms. The van der Waals surface area contributed by atoms with Crippen LogP contribution in [0.3, 0.4) is 0 Å². The Kier molecular flexibility index (Phi) is 3.82. The molecule has 0 heterocycles. The molecule has 84 valence electrons. The monoisotopic (exact) mass is 231 g/mol. The lowest BCUT2D eigenvalue weighted by atomic mass is 10.3. The molecule has 0 spiro atoms. The zero-order chi connectivity index (χ0) is 11.5. The first-order chi connectivity index (χ1) is 6.95. The van der Waals surface area contributed by atoms with Crippen LogP contribution < -0.4 is 4.72 Å². The van der Waals surface area contributed by atoms with Crippen LogP contribution in [-0.2, 0) is 10.0 Å². The summed E-state index contributed by atoms with van der Waals surface area (Å²) in [6.07, 6.45) is 0.709. The number of hydrogen-bond acceptors (Lipinski definition) is 2. The molecule has 0 amide bonds. The highest BCUT2D eigenvalue weighted by molar-refractivity contribution is 7.89. The van der Waals surface area contributed by atoms with Gasteiger partial charge in [0, 0.05) is 6.04 Å². The van der Waals surface area contributed by atoms with Gasteiger partial charge in [0.15, 0.2) is 0 Å². The molecule has 0 aliphatic heterocycles. The largest absolute Gasteiger partial charge is 0.240 e. The first kappa shape index (κ1) is 12.1. The fraction of sp³-hybridized carbons (Fsp3) is 0.400. The smallest absolute Gasteiger partial charge is 0.208 e. The maximum absolute atomic E-state index is 12.6. The Bertz CT molecular complexity index is 414. The molecule has 0 saturated carbocycles. The summed E-state index contributed by atoms with van der Waals surface area (Å²) in [4.78, 5) is 0.0872. The SMILES string of the molecule is CC[C@@H](C)NS(=O)(=O)c1ccc(F)cc1. The van der Waals surface area contributed by atoms with Gasteiger partial charge in [-0.2, -0.15) is 0 Å². The van der Waals surface area contributed by atoms with Crippen molar-refractivity contribution in [3.8, 4) is 0 Å². The van der Waals surface area contributed by atoms with Gasteiger partial charge in [-0.1, -0.05) is 6.92 Å². The van der Waals surface area contributed by atoms with Gasteiger partial charge >= 0.3 is 0 Å². The van der Waals surface area contributed by atoms with Crippen molar-refractivity contribution in [1.82, 2.24) is 4.72 Å². The maximum Gasteiger partial charge on any atom is 0.240 e. The summed E-state index contributed by atoms with van der Waals surface area (Å²) in [7, 11) is -3.51. The molecule has 3 nitrogen and oxygen atoms in total. The summed E-state index contributed by atoms with van der Waals surface area (Å²) in [6, 6.07) is 4.64. The topological polar surface area (TPSA) is 46.2 Å². The van der Waals surface area contributed by atoms with Gasteiger partial charge in [-0.15, -0.1) is 0 Å². The molecule has 0 bridgehead atoms. The molecule has 0 aliphatic carbocycles. The summed E-state index contributed by atoms with van der Waals surface area (Å²) >= 11 is 0. The van der Waals surface area contributed by atoms with Crippen molar-refractivity contribution < 1.29 is 12.8 Å². The summed E-state index contributed by atoms with van der Waals surface area (Å²) in [5.74, 6) is -0.447. The third-order valence-corrected chi connectivity index (χ3v) is 3.70. The first-order valence-electron chi connectivity index (χ1n) is 4.73. The van der Waals surface area contributed by atoms with E-state index in [1.165, 1.54) is 12.1 Å². The van der Waals surface area contributed by atoms with Crippen molar-refractivity contribution in [3.05, 3.63) is 30.1 Å². The van der Waals surface area contributed by atoms with Gasteiger partial charge in [0.25, 0.3) is 0 Å². The second kappa shape index (κ2) is 4.72. The molecule has 0 aromatic heterocycles. The van der Waals surface area contributed by atoms with Crippen molar-refractivity contribution in [2.45, 2.75) is 31.2 Å². The maximum atomic E-state index is 12.6. The number of benzene rings is 1. The van der Waals surface area contributed by atoms with E-state index in [1.807, 2.05) is 6.92 Å². The van der Waals surface area contributed by atoms with Gasteiger partial charge in [-0.05, 0) is 37.6 Å². The Morgan fingerprint density at radius 3 is 2.33 bits per heavy atom. The summed E-state index contributed by atoms with van der Waals surface area (Å²) in [5.41, 5.74) is 0. The van der Waals surface area contributed by atoms with Crippen LogP contribution in [0.15, 0.2) is 29.2 Å². The zero-order valence-corrected chi connectivity index (χ0v) is 9.51. The van der Waals surface area contributed by atoms with E-state index in [4.69, 9.17) is 0 Å². The van der Waals surface area contributed by atoms with E-state index in [0.717, 1.165) is 12.1 Å².